The highest BCUT2D eigenvalue weighted by molar-refractivity contribution is 5.83. The number of ether oxygens (including phenoxy) is 1. The first kappa shape index (κ1) is 13.3. The average Bonchev–Trinajstić information content (AvgIpc) is 2.87. The number of pyridine rings is 1. The zero-order valence-electron chi connectivity index (χ0n) is 11.7. The lowest BCUT2D eigenvalue weighted by molar-refractivity contribution is -0.143. The van der Waals surface area contributed by atoms with Crippen LogP contribution in [0.15, 0.2) is 48.8 Å². The maximum Gasteiger partial charge on any atom is 0.326 e. The summed E-state index contributed by atoms with van der Waals surface area (Å²) in [5.41, 5.74) is 2.63. The number of aromatic nitrogens is 3. The van der Waals surface area contributed by atoms with Gasteiger partial charge >= 0.3 is 5.97 Å². The van der Waals surface area contributed by atoms with Crippen molar-refractivity contribution < 1.29 is 9.53 Å². The molecule has 0 spiro atoms. The molecule has 0 amide bonds. The molecule has 3 rings (SSSR count). The van der Waals surface area contributed by atoms with Crippen LogP contribution in [0.4, 0.5) is 0 Å². The molecular formula is C16H15N3O2. The molecule has 0 aliphatic heterocycles. The lowest BCUT2D eigenvalue weighted by Crippen LogP contribution is -2.14. The summed E-state index contributed by atoms with van der Waals surface area (Å²) in [4.78, 5) is 20.6. The normalized spacial score (nSPS) is 10.7. The van der Waals surface area contributed by atoms with Crippen molar-refractivity contribution in [2.75, 3.05) is 6.61 Å². The highest BCUT2D eigenvalue weighted by Crippen LogP contribution is 2.24. The van der Waals surface area contributed by atoms with Gasteiger partial charge in [-0.15, -0.1) is 0 Å². The van der Waals surface area contributed by atoms with Crippen LogP contribution in [0.3, 0.4) is 0 Å². The Morgan fingerprint density at radius 1 is 1.24 bits per heavy atom. The Balaban J connectivity index is 2.12. The standard InChI is InChI=1S/C16H15N3O2/c1-2-21-15(20)11-19-14-8-4-3-7-13(14)18-16(19)12-6-5-9-17-10-12/h3-10H,2,11H2,1H3. The highest BCUT2D eigenvalue weighted by Gasteiger charge is 2.15. The van der Waals surface area contributed by atoms with Gasteiger partial charge in [-0.2, -0.15) is 0 Å². The van der Waals surface area contributed by atoms with Gasteiger partial charge in [0.05, 0.1) is 17.6 Å². The van der Waals surface area contributed by atoms with Crippen LogP contribution in [0.5, 0.6) is 0 Å². The van der Waals surface area contributed by atoms with Crippen molar-refractivity contribution in [3.8, 4) is 11.4 Å². The van der Waals surface area contributed by atoms with Crippen LogP contribution in [0.2, 0.25) is 0 Å². The molecule has 0 N–H and O–H groups in total. The van der Waals surface area contributed by atoms with E-state index in [1.54, 1.807) is 19.3 Å². The van der Waals surface area contributed by atoms with Crippen LogP contribution >= 0.6 is 0 Å². The Bertz CT molecular complexity index is 766. The molecule has 1 aromatic carbocycles. The predicted molar refractivity (Wildman–Crippen MR) is 79.6 cm³/mol. The number of rotatable bonds is 4. The number of para-hydroxylation sites is 2. The Morgan fingerprint density at radius 3 is 2.86 bits per heavy atom. The van der Waals surface area contributed by atoms with Crippen molar-refractivity contribution in [1.29, 1.82) is 0 Å². The second-order valence-electron chi connectivity index (χ2n) is 4.56. The minimum Gasteiger partial charge on any atom is -0.465 e. The van der Waals surface area contributed by atoms with E-state index in [1.807, 2.05) is 41.0 Å². The minimum absolute atomic E-state index is 0.137. The van der Waals surface area contributed by atoms with Crippen molar-refractivity contribution in [2.24, 2.45) is 0 Å². The maximum atomic E-state index is 11.9. The quantitative estimate of drug-likeness (QED) is 0.690. The van der Waals surface area contributed by atoms with Crippen molar-refractivity contribution in [1.82, 2.24) is 14.5 Å². The van der Waals surface area contributed by atoms with Crippen molar-refractivity contribution in [3.05, 3.63) is 48.8 Å². The number of carbonyl (C=O) groups excluding carboxylic acids is 1. The first-order valence-electron chi connectivity index (χ1n) is 6.81. The predicted octanol–water partition coefficient (Wildman–Crippen LogP) is 2.66. The monoisotopic (exact) mass is 281 g/mol. The van der Waals surface area contributed by atoms with Gasteiger partial charge in [0.25, 0.3) is 0 Å². The van der Waals surface area contributed by atoms with Crippen LogP contribution in [-0.2, 0) is 16.1 Å². The van der Waals surface area contributed by atoms with Crippen LogP contribution in [0, 0.1) is 0 Å². The van der Waals surface area contributed by atoms with E-state index in [0.29, 0.717) is 6.61 Å². The highest BCUT2D eigenvalue weighted by atomic mass is 16.5. The number of hydrogen-bond acceptors (Lipinski definition) is 4. The number of hydrogen-bond donors (Lipinski definition) is 0. The van der Waals surface area contributed by atoms with Gasteiger partial charge in [0.1, 0.15) is 12.4 Å². The van der Waals surface area contributed by atoms with Gasteiger partial charge in [-0.25, -0.2) is 4.98 Å². The first-order valence-corrected chi connectivity index (χ1v) is 6.81. The molecule has 0 unspecified atom stereocenters. The molecule has 0 fully saturated rings. The molecule has 5 nitrogen and oxygen atoms in total. The molecule has 0 aliphatic carbocycles. The summed E-state index contributed by atoms with van der Waals surface area (Å²) in [5, 5.41) is 0. The lowest BCUT2D eigenvalue weighted by Gasteiger charge is -2.08. The number of benzene rings is 1. The Hall–Kier alpha value is -2.69. The molecule has 2 aromatic heterocycles. The van der Waals surface area contributed by atoms with Gasteiger partial charge < -0.3 is 9.30 Å². The molecule has 0 aliphatic rings. The Kier molecular flexibility index (Phi) is 3.64. The fraction of sp³-hybridized carbons (Fsp3) is 0.188. The molecule has 5 heteroatoms. The van der Waals surface area contributed by atoms with E-state index >= 15 is 0 Å². The van der Waals surface area contributed by atoms with E-state index in [0.717, 1.165) is 22.4 Å². The summed E-state index contributed by atoms with van der Waals surface area (Å²) < 4.78 is 6.92. The molecule has 21 heavy (non-hydrogen) atoms. The summed E-state index contributed by atoms with van der Waals surface area (Å²) in [7, 11) is 0. The lowest BCUT2D eigenvalue weighted by atomic mass is 10.2. The molecule has 3 aromatic rings. The van der Waals surface area contributed by atoms with Gasteiger partial charge in [0.2, 0.25) is 0 Å². The fourth-order valence-corrected chi connectivity index (χ4v) is 2.29. The molecule has 0 bridgehead atoms. The zero-order valence-corrected chi connectivity index (χ0v) is 11.7. The third kappa shape index (κ3) is 2.63. The zero-order chi connectivity index (χ0) is 14.7. The molecule has 0 radical (unpaired) electrons. The SMILES string of the molecule is CCOC(=O)Cn1c(-c2cccnc2)nc2ccccc21. The van der Waals surface area contributed by atoms with Crippen LogP contribution in [-0.4, -0.2) is 27.1 Å². The van der Waals surface area contributed by atoms with Crippen molar-refractivity contribution in [2.45, 2.75) is 13.5 Å². The average molecular weight is 281 g/mol. The van der Waals surface area contributed by atoms with Crippen LogP contribution in [0.25, 0.3) is 22.4 Å². The van der Waals surface area contributed by atoms with E-state index in [2.05, 4.69) is 9.97 Å². The molecule has 2 heterocycles. The summed E-state index contributed by atoms with van der Waals surface area (Å²) in [6.45, 7) is 2.30. The van der Waals surface area contributed by atoms with E-state index in [9.17, 15) is 4.79 Å². The molecule has 0 saturated heterocycles. The number of imidazole rings is 1. The van der Waals surface area contributed by atoms with Crippen LogP contribution < -0.4 is 0 Å². The Morgan fingerprint density at radius 2 is 2.10 bits per heavy atom. The van der Waals surface area contributed by atoms with Gasteiger partial charge in [0.15, 0.2) is 0 Å². The topological polar surface area (TPSA) is 57.0 Å². The summed E-state index contributed by atoms with van der Waals surface area (Å²) in [6.07, 6.45) is 3.45. The van der Waals surface area contributed by atoms with E-state index in [1.165, 1.54) is 0 Å². The summed E-state index contributed by atoms with van der Waals surface area (Å²) in [6, 6.07) is 11.5. The first-order chi connectivity index (χ1) is 10.3. The summed E-state index contributed by atoms with van der Waals surface area (Å²) >= 11 is 0. The number of nitrogens with zero attached hydrogens (tertiary/aromatic N) is 3. The number of carbonyl (C=O) groups is 1. The van der Waals surface area contributed by atoms with Gasteiger partial charge in [0, 0.05) is 18.0 Å². The van der Waals surface area contributed by atoms with Gasteiger partial charge in [-0.05, 0) is 31.2 Å². The second-order valence-corrected chi connectivity index (χ2v) is 4.56. The number of esters is 1. The van der Waals surface area contributed by atoms with Crippen molar-refractivity contribution >= 4 is 17.0 Å². The third-order valence-corrected chi connectivity index (χ3v) is 3.17. The van der Waals surface area contributed by atoms with Crippen LogP contribution in [0.1, 0.15) is 6.92 Å². The minimum atomic E-state index is -0.272. The van der Waals surface area contributed by atoms with E-state index in [4.69, 9.17) is 4.74 Å². The van der Waals surface area contributed by atoms with Gasteiger partial charge in [-0.3, -0.25) is 9.78 Å². The fourth-order valence-electron chi connectivity index (χ4n) is 2.29. The van der Waals surface area contributed by atoms with E-state index in [-0.39, 0.29) is 12.5 Å². The third-order valence-electron chi connectivity index (χ3n) is 3.17. The van der Waals surface area contributed by atoms with Crippen molar-refractivity contribution in [3.63, 3.8) is 0 Å². The number of fused-ring (bicyclic) bond motifs is 1. The maximum absolute atomic E-state index is 11.9. The van der Waals surface area contributed by atoms with Gasteiger partial charge in [-0.1, -0.05) is 12.1 Å². The summed E-state index contributed by atoms with van der Waals surface area (Å²) in [5.74, 6) is 0.447. The van der Waals surface area contributed by atoms with E-state index < -0.39 is 0 Å². The molecule has 106 valence electrons. The molecule has 0 saturated carbocycles. The largest absolute Gasteiger partial charge is 0.465 e. The Labute approximate surface area is 122 Å². The molecular weight excluding hydrogens is 266 g/mol. The molecule has 0 atom stereocenters. The second kappa shape index (κ2) is 5.75. The smallest absolute Gasteiger partial charge is 0.326 e.